The van der Waals surface area contributed by atoms with E-state index in [-0.39, 0.29) is 6.04 Å². The van der Waals surface area contributed by atoms with E-state index in [1.807, 2.05) is 31.2 Å². The third kappa shape index (κ3) is 2.92. The third-order valence-corrected chi connectivity index (χ3v) is 4.10. The maximum absolute atomic E-state index is 11.4. The van der Waals surface area contributed by atoms with Gasteiger partial charge in [0.2, 0.25) is 0 Å². The zero-order valence-electron chi connectivity index (χ0n) is 12.2. The number of aromatic nitrogens is 3. The molecule has 2 aromatic rings. The van der Waals surface area contributed by atoms with E-state index < -0.39 is 6.09 Å². The number of rotatable bonds is 3. The smallest absolute Gasteiger partial charge is 0.407 e. The Bertz CT molecular complexity index is 683. The largest absolute Gasteiger partial charge is 0.465 e. The van der Waals surface area contributed by atoms with Crippen molar-refractivity contribution in [1.29, 1.82) is 0 Å². The van der Waals surface area contributed by atoms with E-state index >= 15 is 0 Å². The molecule has 0 radical (unpaired) electrons. The number of hydrogen-bond donors (Lipinski definition) is 1. The van der Waals surface area contributed by atoms with Crippen molar-refractivity contribution in [2.75, 3.05) is 6.54 Å². The second-order valence-corrected chi connectivity index (χ2v) is 5.87. The highest BCUT2D eigenvalue weighted by Gasteiger charge is 2.33. The van der Waals surface area contributed by atoms with Crippen molar-refractivity contribution in [1.82, 2.24) is 19.7 Å². The Hall–Kier alpha value is -2.08. The molecule has 1 aliphatic heterocycles. The van der Waals surface area contributed by atoms with Gasteiger partial charge in [-0.1, -0.05) is 23.7 Å². The minimum atomic E-state index is -0.902. The molecule has 1 aliphatic rings. The molecule has 1 aromatic carbocycles. The number of hydrogen-bond acceptors (Lipinski definition) is 3. The highest BCUT2D eigenvalue weighted by atomic mass is 35.5. The Morgan fingerprint density at radius 2 is 2.14 bits per heavy atom. The van der Waals surface area contributed by atoms with Gasteiger partial charge in [-0.3, -0.25) is 4.90 Å². The molecular weight excluding hydrogens is 304 g/mol. The van der Waals surface area contributed by atoms with Crippen LogP contribution in [0.2, 0.25) is 5.02 Å². The van der Waals surface area contributed by atoms with Crippen LogP contribution in [0.1, 0.15) is 36.1 Å². The second-order valence-electron chi connectivity index (χ2n) is 5.44. The van der Waals surface area contributed by atoms with Crippen LogP contribution in [0.3, 0.4) is 0 Å². The van der Waals surface area contributed by atoms with E-state index in [0.29, 0.717) is 29.8 Å². The molecule has 22 heavy (non-hydrogen) atoms. The van der Waals surface area contributed by atoms with Gasteiger partial charge in [-0.2, -0.15) is 5.10 Å². The van der Waals surface area contributed by atoms with Crippen molar-refractivity contribution in [3.63, 3.8) is 0 Å². The first-order chi connectivity index (χ1) is 10.5. The number of likely N-dealkylation sites (tertiary alicyclic amines) is 1. The van der Waals surface area contributed by atoms with Gasteiger partial charge in [0.25, 0.3) is 0 Å². The highest BCUT2D eigenvalue weighted by molar-refractivity contribution is 6.30. The summed E-state index contributed by atoms with van der Waals surface area (Å²) in [5.41, 5.74) is 1.05. The van der Waals surface area contributed by atoms with Crippen molar-refractivity contribution in [3.8, 4) is 0 Å². The predicted molar refractivity (Wildman–Crippen MR) is 82.0 cm³/mol. The average Bonchev–Trinajstić information content (AvgIpc) is 3.07. The molecular formula is C15H17ClN4O2. The minimum Gasteiger partial charge on any atom is -0.465 e. The summed E-state index contributed by atoms with van der Waals surface area (Å²) in [6.45, 7) is 2.92. The summed E-state index contributed by atoms with van der Waals surface area (Å²) >= 11 is 5.90. The van der Waals surface area contributed by atoms with Gasteiger partial charge in [0.1, 0.15) is 11.6 Å². The Balaban J connectivity index is 1.89. The lowest BCUT2D eigenvalue weighted by Crippen LogP contribution is -2.30. The van der Waals surface area contributed by atoms with E-state index in [0.717, 1.165) is 18.4 Å². The van der Waals surface area contributed by atoms with E-state index in [1.54, 1.807) is 4.68 Å². The first-order valence-corrected chi connectivity index (χ1v) is 7.58. The molecule has 0 aliphatic carbocycles. The normalized spacial score (nSPS) is 17.9. The summed E-state index contributed by atoms with van der Waals surface area (Å²) in [7, 11) is 0. The Morgan fingerprint density at radius 3 is 2.82 bits per heavy atom. The minimum absolute atomic E-state index is 0.217. The number of carbonyl (C=O) groups is 1. The number of amides is 1. The number of halogens is 1. The number of benzene rings is 1. The van der Waals surface area contributed by atoms with Crippen molar-refractivity contribution in [3.05, 3.63) is 46.5 Å². The Kier molecular flexibility index (Phi) is 4.02. The molecule has 1 aromatic heterocycles. The lowest BCUT2D eigenvalue weighted by Gasteiger charge is -2.21. The fraction of sp³-hybridized carbons (Fsp3) is 0.400. The van der Waals surface area contributed by atoms with Gasteiger partial charge in [0.15, 0.2) is 0 Å². The van der Waals surface area contributed by atoms with Crippen molar-refractivity contribution in [2.45, 2.75) is 32.4 Å². The first-order valence-electron chi connectivity index (χ1n) is 7.20. The van der Waals surface area contributed by atoms with Crippen LogP contribution in [-0.2, 0) is 6.54 Å². The van der Waals surface area contributed by atoms with Crippen LogP contribution in [0, 0.1) is 6.92 Å². The Morgan fingerprint density at radius 1 is 1.41 bits per heavy atom. The van der Waals surface area contributed by atoms with Gasteiger partial charge >= 0.3 is 6.09 Å². The molecule has 116 valence electrons. The van der Waals surface area contributed by atoms with Crippen LogP contribution in [-0.4, -0.2) is 37.4 Å². The van der Waals surface area contributed by atoms with Crippen LogP contribution in [0.4, 0.5) is 4.79 Å². The molecule has 1 fully saturated rings. The fourth-order valence-electron chi connectivity index (χ4n) is 2.86. The van der Waals surface area contributed by atoms with Gasteiger partial charge in [0, 0.05) is 11.6 Å². The molecule has 0 spiro atoms. The number of nitrogens with zero attached hydrogens (tertiary/aromatic N) is 4. The van der Waals surface area contributed by atoms with E-state index in [9.17, 15) is 9.90 Å². The van der Waals surface area contributed by atoms with Crippen LogP contribution in [0.25, 0.3) is 0 Å². The third-order valence-electron chi connectivity index (χ3n) is 3.85. The van der Waals surface area contributed by atoms with Crippen LogP contribution in [0.5, 0.6) is 0 Å². The van der Waals surface area contributed by atoms with Crippen LogP contribution in [0.15, 0.2) is 24.3 Å². The summed E-state index contributed by atoms with van der Waals surface area (Å²) in [6, 6.07) is 7.32. The topological polar surface area (TPSA) is 71.2 Å². The van der Waals surface area contributed by atoms with Gasteiger partial charge < -0.3 is 5.11 Å². The molecule has 0 saturated carbocycles. The first kappa shape index (κ1) is 14.8. The summed E-state index contributed by atoms with van der Waals surface area (Å²) < 4.78 is 1.80. The molecule has 7 heteroatoms. The van der Waals surface area contributed by atoms with Crippen molar-refractivity contribution >= 4 is 17.7 Å². The zero-order chi connectivity index (χ0) is 15.7. The van der Waals surface area contributed by atoms with Gasteiger partial charge in [-0.15, -0.1) is 0 Å². The van der Waals surface area contributed by atoms with Gasteiger partial charge in [-0.05, 0) is 37.5 Å². The lowest BCUT2D eigenvalue weighted by molar-refractivity contribution is 0.137. The summed E-state index contributed by atoms with van der Waals surface area (Å²) in [5.74, 6) is 1.37. The molecule has 3 rings (SSSR count). The molecule has 0 bridgehead atoms. The molecule has 1 atom stereocenters. The van der Waals surface area contributed by atoms with E-state index in [4.69, 9.17) is 11.6 Å². The van der Waals surface area contributed by atoms with Crippen LogP contribution < -0.4 is 0 Å². The molecule has 1 unspecified atom stereocenters. The van der Waals surface area contributed by atoms with E-state index in [1.165, 1.54) is 4.90 Å². The SMILES string of the molecule is Cc1nc(C2CCCN2C(=O)O)n(Cc2ccc(Cl)cc2)n1. The molecule has 1 amide bonds. The summed E-state index contributed by atoms with van der Waals surface area (Å²) in [4.78, 5) is 17.3. The average molecular weight is 321 g/mol. The van der Waals surface area contributed by atoms with Gasteiger partial charge in [-0.25, -0.2) is 14.5 Å². The standard InChI is InChI=1S/C15H17ClN4O2/c1-10-17-14(13-3-2-8-19(13)15(21)22)20(18-10)9-11-4-6-12(16)7-5-11/h4-7,13H,2-3,8-9H2,1H3,(H,21,22). The van der Waals surface area contributed by atoms with E-state index in [2.05, 4.69) is 10.1 Å². The summed E-state index contributed by atoms with van der Waals surface area (Å²) in [5, 5.41) is 14.4. The Labute approximate surface area is 133 Å². The molecule has 1 N–H and O–H groups in total. The number of carboxylic acid groups (broad SMARTS) is 1. The quantitative estimate of drug-likeness (QED) is 0.943. The zero-order valence-corrected chi connectivity index (χ0v) is 13.0. The van der Waals surface area contributed by atoms with Crippen molar-refractivity contribution < 1.29 is 9.90 Å². The van der Waals surface area contributed by atoms with Crippen LogP contribution >= 0.6 is 11.6 Å². The fourth-order valence-corrected chi connectivity index (χ4v) is 2.99. The predicted octanol–water partition coefficient (Wildman–Crippen LogP) is 3.10. The molecule has 2 heterocycles. The summed E-state index contributed by atoms with van der Waals surface area (Å²) in [6.07, 6.45) is 0.732. The molecule has 1 saturated heterocycles. The van der Waals surface area contributed by atoms with Crippen molar-refractivity contribution in [2.24, 2.45) is 0 Å². The lowest BCUT2D eigenvalue weighted by atomic mass is 10.2. The number of aryl methyl sites for hydroxylation is 1. The maximum Gasteiger partial charge on any atom is 0.407 e. The highest BCUT2D eigenvalue weighted by Crippen LogP contribution is 2.31. The second kappa shape index (κ2) is 5.96. The molecule has 6 nitrogen and oxygen atoms in total. The maximum atomic E-state index is 11.4. The monoisotopic (exact) mass is 320 g/mol. The van der Waals surface area contributed by atoms with Gasteiger partial charge in [0.05, 0.1) is 12.6 Å².